The molecule has 0 aliphatic rings. The van der Waals surface area contributed by atoms with Crippen LogP contribution in [-0.4, -0.2) is 30.6 Å². The van der Waals surface area contributed by atoms with Crippen molar-refractivity contribution in [2.75, 3.05) is 19.0 Å². The number of nitrogens with one attached hydrogen (secondary N) is 1. The maximum atomic E-state index is 12.5. The van der Waals surface area contributed by atoms with Gasteiger partial charge in [0.05, 0.1) is 23.8 Å². The number of carboxylic acid groups (broad SMARTS) is 1. The second-order valence-corrected chi connectivity index (χ2v) is 4.87. The first kappa shape index (κ1) is 17.0. The molecule has 0 saturated heterocycles. The van der Waals surface area contributed by atoms with Crippen molar-refractivity contribution in [3.8, 4) is 5.75 Å². The summed E-state index contributed by atoms with van der Waals surface area (Å²) in [6, 6.07) is 4.32. The van der Waals surface area contributed by atoms with Gasteiger partial charge in [0.1, 0.15) is 5.75 Å². The summed E-state index contributed by atoms with van der Waals surface area (Å²) in [4.78, 5) is 23.5. The smallest absolute Gasteiger partial charge is 0.335 e. The lowest BCUT2D eigenvalue weighted by atomic mass is 9.81. The number of carbonyl (C=O) groups excluding carboxylic acids is 1. The number of anilines is 1. The quantitative estimate of drug-likeness (QED) is 0.714. The second kappa shape index (κ2) is 7.08. The van der Waals surface area contributed by atoms with Crippen LogP contribution in [0.4, 0.5) is 5.69 Å². The third kappa shape index (κ3) is 3.52. The van der Waals surface area contributed by atoms with Crippen LogP contribution in [0.2, 0.25) is 0 Å². The van der Waals surface area contributed by atoms with Gasteiger partial charge in [-0.2, -0.15) is 0 Å². The molecular weight excluding hydrogens is 272 g/mol. The van der Waals surface area contributed by atoms with Crippen LogP contribution in [0.15, 0.2) is 18.2 Å². The van der Waals surface area contributed by atoms with E-state index in [1.165, 1.54) is 25.3 Å². The number of benzene rings is 1. The van der Waals surface area contributed by atoms with E-state index in [-0.39, 0.29) is 18.0 Å². The minimum absolute atomic E-state index is 0.0810. The Balaban J connectivity index is 3.13. The highest BCUT2D eigenvalue weighted by molar-refractivity contribution is 5.98. The van der Waals surface area contributed by atoms with Crippen LogP contribution < -0.4 is 15.8 Å². The van der Waals surface area contributed by atoms with Gasteiger partial charge in [0, 0.05) is 6.54 Å². The number of carbonyl (C=O) groups is 2. The normalized spacial score (nSPS) is 11.0. The van der Waals surface area contributed by atoms with Crippen molar-refractivity contribution in [2.45, 2.75) is 26.7 Å². The molecule has 0 aromatic heterocycles. The highest BCUT2D eigenvalue weighted by Gasteiger charge is 2.33. The van der Waals surface area contributed by atoms with E-state index < -0.39 is 11.4 Å². The first-order chi connectivity index (χ1) is 9.93. The molecule has 0 atom stereocenters. The number of carboxylic acids is 1. The van der Waals surface area contributed by atoms with Gasteiger partial charge in [0.2, 0.25) is 5.91 Å². The molecule has 1 rings (SSSR count). The molecule has 0 fully saturated rings. The summed E-state index contributed by atoms with van der Waals surface area (Å²) in [7, 11) is 1.46. The van der Waals surface area contributed by atoms with E-state index in [2.05, 4.69) is 5.32 Å². The number of aromatic carboxylic acids is 1. The van der Waals surface area contributed by atoms with Crippen LogP contribution >= 0.6 is 0 Å². The Hall–Kier alpha value is -2.08. The Morgan fingerprint density at radius 3 is 2.38 bits per heavy atom. The van der Waals surface area contributed by atoms with Crippen LogP contribution in [0.25, 0.3) is 0 Å². The van der Waals surface area contributed by atoms with E-state index in [9.17, 15) is 9.59 Å². The number of methoxy groups -OCH3 is 1. The van der Waals surface area contributed by atoms with Crippen molar-refractivity contribution >= 4 is 17.6 Å². The lowest BCUT2D eigenvalue weighted by molar-refractivity contribution is -0.125. The molecule has 0 aliphatic heterocycles. The van der Waals surface area contributed by atoms with Crippen molar-refractivity contribution < 1.29 is 19.4 Å². The molecule has 0 aliphatic carbocycles. The number of rotatable bonds is 7. The van der Waals surface area contributed by atoms with Gasteiger partial charge in [-0.15, -0.1) is 0 Å². The predicted octanol–water partition coefficient (Wildman–Crippen LogP) is 2.10. The molecule has 4 N–H and O–H groups in total. The Bertz CT molecular complexity index is 516. The molecule has 1 aromatic carbocycles. The van der Waals surface area contributed by atoms with Gasteiger partial charge in [-0.05, 0) is 31.0 Å². The molecule has 0 unspecified atom stereocenters. The van der Waals surface area contributed by atoms with Crippen LogP contribution in [0, 0.1) is 5.41 Å². The van der Waals surface area contributed by atoms with E-state index in [1.54, 1.807) is 0 Å². The largest absolute Gasteiger partial charge is 0.495 e. The molecular formula is C15H22N2O4. The second-order valence-electron chi connectivity index (χ2n) is 4.87. The van der Waals surface area contributed by atoms with Gasteiger partial charge in [0.25, 0.3) is 0 Å². The number of hydrogen-bond donors (Lipinski definition) is 3. The van der Waals surface area contributed by atoms with E-state index >= 15 is 0 Å². The third-order valence-electron chi connectivity index (χ3n) is 3.92. The first-order valence-corrected chi connectivity index (χ1v) is 6.87. The SMILES string of the molecule is CCC(CC)(CN)C(=O)Nc1cc(C(=O)O)ccc1OC. The number of hydrogen-bond acceptors (Lipinski definition) is 4. The van der Waals surface area contributed by atoms with E-state index in [4.69, 9.17) is 15.6 Å². The summed E-state index contributed by atoms with van der Waals surface area (Å²) >= 11 is 0. The van der Waals surface area contributed by atoms with E-state index in [1.807, 2.05) is 13.8 Å². The van der Waals surface area contributed by atoms with Gasteiger partial charge in [-0.25, -0.2) is 4.79 Å². The molecule has 0 saturated carbocycles. The fourth-order valence-electron chi connectivity index (χ4n) is 2.15. The highest BCUT2D eigenvalue weighted by Crippen LogP contribution is 2.31. The van der Waals surface area contributed by atoms with Gasteiger partial charge < -0.3 is 20.9 Å². The molecule has 0 radical (unpaired) electrons. The van der Waals surface area contributed by atoms with Crippen LogP contribution in [0.5, 0.6) is 5.75 Å². The van der Waals surface area contributed by atoms with Crippen molar-refractivity contribution in [2.24, 2.45) is 11.1 Å². The van der Waals surface area contributed by atoms with Gasteiger partial charge in [-0.3, -0.25) is 4.79 Å². The standard InChI is InChI=1S/C15H22N2O4/c1-4-15(5-2,9-16)14(20)17-11-8-10(13(18)19)6-7-12(11)21-3/h6-8H,4-5,9,16H2,1-3H3,(H,17,20)(H,18,19). The minimum Gasteiger partial charge on any atom is -0.495 e. The monoisotopic (exact) mass is 294 g/mol. The molecule has 1 amide bonds. The highest BCUT2D eigenvalue weighted by atomic mass is 16.5. The topological polar surface area (TPSA) is 102 Å². The van der Waals surface area contributed by atoms with Crippen LogP contribution in [-0.2, 0) is 4.79 Å². The number of amides is 1. The van der Waals surface area contributed by atoms with Crippen molar-refractivity contribution in [1.82, 2.24) is 0 Å². The average molecular weight is 294 g/mol. The molecule has 6 nitrogen and oxygen atoms in total. The Labute approximate surface area is 124 Å². The summed E-state index contributed by atoms with van der Waals surface area (Å²) in [6.45, 7) is 4.04. The van der Waals surface area contributed by atoms with Crippen molar-refractivity contribution in [1.29, 1.82) is 0 Å². The predicted molar refractivity (Wildman–Crippen MR) is 80.7 cm³/mol. The van der Waals surface area contributed by atoms with E-state index in [0.29, 0.717) is 24.3 Å². The summed E-state index contributed by atoms with van der Waals surface area (Å²) in [5.41, 5.74) is 5.50. The molecule has 6 heteroatoms. The lowest BCUT2D eigenvalue weighted by Gasteiger charge is -2.28. The fraction of sp³-hybridized carbons (Fsp3) is 0.467. The molecule has 0 heterocycles. The molecule has 116 valence electrons. The Kier molecular flexibility index (Phi) is 5.72. The van der Waals surface area contributed by atoms with E-state index in [0.717, 1.165) is 0 Å². The zero-order chi connectivity index (χ0) is 16.0. The third-order valence-corrected chi connectivity index (χ3v) is 3.92. The number of ether oxygens (including phenoxy) is 1. The maximum absolute atomic E-state index is 12.5. The fourth-order valence-corrected chi connectivity index (χ4v) is 2.15. The summed E-state index contributed by atoms with van der Waals surface area (Å²) in [5, 5.41) is 11.8. The minimum atomic E-state index is -1.07. The zero-order valence-corrected chi connectivity index (χ0v) is 12.6. The van der Waals surface area contributed by atoms with Gasteiger partial charge in [0.15, 0.2) is 0 Å². The number of nitrogens with two attached hydrogens (primary N) is 1. The van der Waals surface area contributed by atoms with Crippen molar-refractivity contribution in [3.63, 3.8) is 0 Å². The lowest BCUT2D eigenvalue weighted by Crippen LogP contribution is -2.41. The van der Waals surface area contributed by atoms with Crippen LogP contribution in [0.3, 0.4) is 0 Å². The Morgan fingerprint density at radius 2 is 1.95 bits per heavy atom. The Morgan fingerprint density at radius 1 is 1.33 bits per heavy atom. The maximum Gasteiger partial charge on any atom is 0.335 e. The molecule has 0 spiro atoms. The first-order valence-electron chi connectivity index (χ1n) is 6.87. The summed E-state index contributed by atoms with van der Waals surface area (Å²) < 4.78 is 5.16. The summed E-state index contributed by atoms with van der Waals surface area (Å²) in [6.07, 6.45) is 1.21. The zero-order valence-electron chi connectivity index (χ0n) is 12.6. The van der Waals surface area contributed by atoms with Gasteiger partial charge in [-0.1, -0.05) is 13.8 Å². The molecule has 0 bridgehead atoms. The van der Waals surface area contributed by atoms with Crippen molar-refractivity contribution in [3.05, 3.63) is 23.8 Å². The van der Waals surface area contributed by atoms with Crippen LogP contribution in [0.1, 0.15) is 37.0 Å². The summed E-state index contributed by atoms with van der Waals surface area (Å²) in [5.74, 6) is -0.883. The van der Waals surface area contributed by atoms with Gasteiger partial charge >= 0.3 is 5.97 Å². The molecule has 1 aromatic rings. The average Bonchev–Trinajstić information content (AvgIpc) is 2.49. The molecule has 21 heavy (non-hydrogen) atoms.